The summed E-state index contributed by atoms with van der Waals surface area (Å²) in [6.07, 6.45) is 3.16. The van der Waals surface area contributed by atoms with E-state index in [0.29, 0.717) is 0 Å². The van der Waals surface area contributed by atoms with Gasteiger partial charge in [-0.05, 0) is 52.3 Å². The number of nitrogens with zero attached hydrogens (tertiary/aromatic N) is 1. The third kappa shape index (κ3) is 4.15. The highest BCUT2D eigenvalue weighted by Gasteiger charge is 2.31. The molecule has 1 N–H and O–H groups in total. The first kappa shape index (κ1) is 14.7. The van der Waals surface area contributed by atoms with Crippen LogP contribution in [0.3, 0.4) is 0 Å². The molecule has 0 heterocycles. The first-order chi connectivity index (χ1) is 8.44. The summed E-state index contributed by atoms with van der Waals surface area (Å²) in [5, 5.41) is 9.10. The molecule has 0 bridgehead atoms. The molecule has 0 aliphatic carbocycles. The normalized spacial score (nSPS) is 11.8. The predicted octanol–water partition coefficient (Wildman–Crippen LogP) is 2.80. The van der Waals surface area contributed by atoms with Gasteiger partial charge in [0.15, 0.2) is 0 Å². The zero-order valence-electron chi connectivity index (χ0n) is 11.5. The molecule has 100 valence electrons. The van der Waals surface area contributed by atoms with E-state index in [-0.39, 0.29) is 0 Å². The molecule has 1 aromatic carbocycles. The number of carboxylic acids is 1. The summed E-state index contributed by atoms with van der Waals surface area (Å²) in [6, 6.07) is 10.4. The van der Waals surface area contributed by atoms with Gasteiger partial charge in [0.1, 0.15) is 5.54 Å². The fourth-order valence-corrected chi connectivity index (χ4v) is 1.77. The van der Waals surface area contributed by atoms with Crippen LogP contribution in [0.4, 0.5) is 0 Å². The third-order valence-corrected chi connectivity index (χ3v) is 3.53. The Hall–Kier alpha value is -1.35. The van der Waals surface area contributed by atoms with Crippen molar-refractivity contribution in [2.45, 2.75) is 38.6 Å². The predicted molar refractivity (Wildman–Crippen MR) is 73.7 cm³/mol. The first-order valence-corrected chi connectivity index (χ1v) is 6.43. The average Bonchev–Trinajstić information content (AvgIpc) is 2.35. The molecule has 18 heavy (non-hydrogen) atoms. The second kappa shape index (κ2) is 6.55. The highest BCUT2D eigenvalue weighted by molar-refractivity contribution is 5.77. The number of likely N-dealkylation sites (N-methyl/N-ethyl adjacent to an activating group) is 1. The minimum absolute atomic E-state index is 0.770. The second-order valence-electron chi connectivity index (χ2n) is 5.23. The highest BCUT2D eigenvalue weighted by atomic mass is 16.4. The average molecular weight is 249 g/mol. The largest absolute Gasteiger partial charge is 0.480 e. The van der Waals surface area contributed by atoms with E-state index >= 15 is 0 Å². The van der Waals surface area contributed by atoms with Crippen LogP contribution in [0.25, 0.3) is 0 Å². The van der Waals surface area contributed by atoms with Crippen LogP contribution in [-0.4, -0.2) is 35.1 Å². The Bertz CT molecular complexity index is 373. The molecule has 3 heteroatoms. The maximum atomic E-state index is 11.1. The van der Waals surface area contributed by atoms with Crippen molar-refractivity contribution in [3.8, 4) is 0 Å². The van der Waals surface area contributed by atoms with Gasteiger partial charge in [-0.15, -0.1) is 0 Å². The molecule has 1 rings (SSSR count). The number of hydrogen-bond acceptors (Lipinski definition) is 2. The molecule has 0 aliphatic rings. The molecule has 0 saturated heterocycles. The second-order valence-corrected chi connectivity index (χ2v) is 5.23. The summed E-state index contributed by atoms with van der Waals surface area (Å²) in [5.41, 5.74) is 0.560. The van der Waals surface area contributed by atoms with Crippen molar-refractivity contribution in [3.63, 3.8) is 0 Å². The maximum absolute atomic E-state index is 11.1. The van der Waals surface area contributed by atoms with Gasteiger partial charge in [0, 0.05) is 0 Å². The summed E-state index contributed by atoms with van der Waals surface area (Å²) < 4.78 is 0. The molecular formula is C15H23NO2. The van der Waals surface area contributed by atoms with E-state index in [9.17, 15) is 4.79 Å². The number of aryl methyl sites for hydroxylation is 1. The number of hydrogen-bond donors (Lipinski definition) is 1. The highest BCUT2D eigenvalue weighted by Crippen LogP contribution is 2.14. The van der Waals surface area contributed by atoms with Crippen molar-refractivity contribution < 1.29 is 9.90 Å². The van der Waals surface area contributed by atoms with Crippen LogP contribution in [-0.2, 0) is 11.2 Å². The molecule has 3 nitrogen and oxygen atoms in total. The molecular weight excluding hydrogens is 226 g/mol. The Morgan fingerprint density at radius 3 is 2.39 bits per heavy atom. The van der Waals surface area contributed by atoms with Crippen molar-refractivity contribution in [3.05, 3.63) is 35.9 Å². The van der Waals surface area contributed by atoms with E-state index in [0.717, 1.165) is 25.8 Å². The van der Waals surface area contributed by atoms with E-state index in [2.05, 4.69) is 24.3 Å². The van der Waals surface area contributed by atoms with Crippen molar-refractivity contribution >= 4 is 5.97 Å². The van der Waals surface area contributed by atoms with E-state index in [4.69, 9.17) is 5.11 Å². The van der Waals surface area contributed by atoms with Crippen LogP contribution >= 0.6 is 0 Å². The minimum atomic E-state index is -0.785. The van der Waals surface area contributed by atoms with Crippen LogP contribution < -0.4 is 0 Å². The van der Waals surface area contributed by atoms with Crippen LogP contribution in [0.5, 0.6) is 0 Å². The van der Waals surface area contributed by atoms with Crippen LogP contribution in [0, 0.1) is 0 Å². The minimum Gasteiger partial charge on any atom is -0.480 e. The lowest BCUT2D eigenvalue weighted by molar-refractivity contribution is -0.148. The smallest absolute Gasteiger partial charge is 0.323 e. The Balaban J connectivity index is 2.28. The van der Waals surface area contributed by atoms with Gasteiger partial charge < -0.3 is 5.11 Å². The lowest BCUT2D eigenvalue weighted by atomic mass is 10.0. The van der Waals surface area contributed by atoms with Gasteiger partial charge in [0.05, 0.1) is 0 Å². The van der Waals surface area contributed by atoms with Crippen molar-refractivity contribution in [2.24, 2.45) is 0 Å². The topological polar surface area (TPSA) is 40.5 Å². The molecule has 0 fully saturated rings. The van der Waals surface area contributed by atoms with Crippen molar-refractivity contribution in [2.75, 3.05) is 13.6 Å². The van der Waals surface area contributed by atoms with E-state index in [1.54, 1.807) is 13.8 Å². The van der Waals surface area contributed by atoms with Gasteiger partial charge in [-0.3, -0.25) is 9.69 Å². The lowest BCUT2D eigenvalue weighted by Gasteiger charge is -2.31. The van der Waals surface area contributed by atoms with E-state index in [1.165, 1.54) is 5.56 Å². The summed E-state index contributed by atoms with van der Waals surface area (Å²) in [5.74, 6) is -0.770. The van der Waals surface area contributed by atoms with Gasteiger partial charge in [0.25, 0.3) is 0 Å². The zero-order chi connectivity index (χ0) is 13.6. The van der Waals surface area contributed by atoms with Crippen LogP contribution in [0.2, 0.25) is 0 Å². The molecule has 0 radical (unpaired) electrons. The summed E-state index contributed by atoms with van der Waals surface area (Å²) >= 11 is 0. The Morgan fingerprint density at radius 1 is 1.22 bits per heavy atom. The van der Waals surface area contributed by atoms with Gasteiger partial charge >= 0.3 is 5.97 Å². The lowest BCUT2D eigenvalue weighted by Crippen LogP contribution is -2.48. The zero-order valence-corrected chi connectivity index (χ0v) is 11.5. The van der Waals surface area contributed by atoms with Gasteiger partial charge in [0.2, 0.25) is 0 Å². The fourth-order valence-electron chi connectivity index (χ4n) is 1.77. The van der Waals surface area contributed by atoms with Crippen molar-refractivity contribution in [1.29, 1.82) is 0 Å². The molecule has 0 amide bonds. The first-order valence-electron chi connectivity index (χ1n) is 6.43. The molecule has 0 aromatic heterocycles. The van der Waals surface area contributed by atoms with Crippen molar-refractivity contribution in [1.82, 2.24) is 4.90 Å². The Morgan fingerprint density at radius 2 is 1.83 bits per heavy atom. The molecule has 0 unspecified atom stereocenters. The molecule has 0 spiro atoms. The van der Waals surface area contributed by atoms with Gasteiger partial charge in [-0.1, -0.05) is 30.3 Å². The van der Waals surface area contributed by atoms with E-state index < -0.39 is 11.5 Å². The standard InChI is InChI=1S/C15H23NO2/c1-15(2,14(17)18)16(3)12-8-7-11-13-9-5-4-6-10-13/h4-6,9-10H,7-8,11-12H2,1-3H3,(H,17,18). The molecule has 0 aliphatic heterocycles. The third-order valence-electron chi connectivity index (χ3n) is 3.53. The van der Waals surface area contributed by atoms with E-state index in [1.807, 2.05) is 18.0 Å². The van der Waals surface area contributed by atoms with Gasteiger partial charge in [-0.2, -0.15) is 0 Å². The summed E-state index contributed by atoms with van der Waals surface area (Å²) in [4.78, 5) is 13.0. The summed E-state index contributed by atoms with van der Waals surface area (Å²) in [7, 11) is 1.87. The number of aliphatic carboxylic acids is 1. The fraction of sp³-hybridized carbons (Fsp3) is 0.533. The molecule has 1 aromatic rings. The molecule has 0 atom stereocenters. The van der Waals surface area contributed by atoms with Gasteiger partial charge in [-0.25, -0.2) is 0 Å². The SMILES string of the molecule is CN(CCCCc1ccccc1)C(C)(C)C(=O)O. The summed E-state index contributed by atoms with van der Waals surface area (Å²) in [6.45, 7) is 4.30. The molecule has 0 saturated carbocycles. The quantitative estimate of drug-likeness (QED) is 0.755. The maximum Gasteiger partial charge on any atom is 0.323 e. The number of carboxylic acid groups (broad SMARTS) is 1. The number of carbonyl (C=O) groups is 1. The van der Waals surface area contributed by atoms with Crippen LogP contribution in [0.15, 0.2) is 30.3 Å². The van der Waals surface area contributed by atoms with Crippen LogP contribution in [0.1, 0.15) is 32.3 Å². The number of unbranched alkanes of at least 4 members (excludes halogenated alkanes) is 1. The number of benzene rings is 1. The number of rotatable bonds is 7. The Kier molecular flexibility index (Phi) is 5.35. The monoisotopic (exact) mass is 249 g/mol. The Labute approximate surface area is 109 Å².